The number of nitrogens with zero attached hydrogens (tertiary/aromatic N) is 3. The predicted molar refractivity (Wildman–Crippen MR) is 153 cm³/mol. The number of carbonyl (C=O) groups is 2. The number of rotatable bonds is 9. The van der Waals surface area contributed by atoms with E-state index >= 15 is 0 Å². The summed E-state index contributed by atoms with van der Waals surface area (Å²) in [5.41, 5.74) is 3.07. The molecule has 2 heterocycles. The minimum atomic E-state index is -0.567. The van der Waals surface area contributed by atoms with Crippen molar-refractivity contribution in [1.29, 1.82) is 0 Å². The Morgan fingerprint density at radius 1 is 1.10 bits per heavy atom. The lowest BCUT2D eigenvalue weighted by molar-refractivity contribution is -0.384. The van der Waals surface area contributed by atoms with Gasteiger partial charge >= 0.3 is 5.97 Å². The van der Waals surface area contributed by atoms with Gasteiger partial charge in [0.1, 0.15) is 5.82 Å². The molecule has 1 aliphatic heterocycles. The van der Waals surface area contributed by atoms with Crippen LogP contribution in [0.2, 0.25) is 0 Å². The first-order valence-electron chi connectivity index (χ1n) is 13.8. The highest BCUT2D eigenvalue weighted by atomic mass is 19.1. The zero-order valence-electron chi connectivity index (χ0n) is 22.9. The zero-order chi connectivity index (χ0) is 28.9. The number of non-ortho nitro benzene ring substituents is 1. The van der Waals surface area contributed by atoms with Crippen LogP contribution in [0.25, 0.3) is 10.9 Å². The summed E-state index contributed by atoms with van der Waals surface area (Å²) in [5.74, 6) is -1.84. The number of fused-ring (bicyclic) bond motifs is 1. The molecule has 0 radical (unpaired) electrons. The predicted octanol–water partition coefficient (Wildman–Crippen LogP) is 6.06. The van der Waals surface area contributed by atoms with E-state index < -0.39 is 16.7 Å². The summed E-state index contributed by atoms with van der Waals surface area (Å²) in [7, 11) is 0. The summed E-state index contributed by atoms with van der Waals surface area (Å²) in [5, 5.41) is 12.3. The zero-order valence-corrected chi connectivity index (χ0v) is 22.9. The fourth-order valence-corrected chi connectivity index (χ4v) is 5.71. The highest BCUT2D eigenvalue weighted by Gasteiger charge is 2.32. The Morgan fingerprint density at radius 2 is 1.90 bits per heavy atom. The molecular formula is C32H32FN3O5. The third kappa shape index (κ3) is 6.29. The van der Waals surface area contributed by atoms with Crippen LogP contribution in [0.4, 0.5) is 10.1 Å². The van der Waals surface area contributed by atoms with Gasteiger partial charge in [-0.05, 0) is 54.7 Å². The number of benzene rings is 3. The number of nitro groups is 1. The fraction of sp³-hybridized carbons (Fsp3) is 0.312. The van der Waals surface area contributed by atoms with Crippen LogP contribution < -0.4 is 0 Å². The van der Waals surface area contributed by atoms with Crippen LogP contribution in [-0.2, 0) is 20.9 Å². The Hall–Kier alpha value is -4.53. The normalized spacial score (nSPS) is 16.0. The molecule has 9 heteroatoms. The number of ether oxygens (including phenoxy) is 1. The number of hydrogen-bond donors (Lipinski definition) is 0. The number of piperidine rings is 1. The molecule has 2 atom stereocenters. The van der Waals surface area contributed by atoms with Crippen LogP contribution in [0.5, 0.6) is 0 Å². The van der Waals surface area contributed by atoms with Gasteiger partial charge in [-0.2, -0.15) is 0 Å². The number of nitro benzene ring substituents is 1. The van der Waals surface area contributed by atoms with Crippen molar-refractivity contribution in [3.8, 4) is 0 Å². The van der Waals surface area contributed by atoms with Gasteiger partial charge < -0.3 is 14.2 Å². The monoisotopic (exact) mass is 557 g/mol. The van der Waals surface area contributed by atoms with E-state index in [-0.39, 0.29) is 43.1 Å². The number of halogens is 1. The Kier molecular flexibility index (Phi) is 8.42. The molecule has 0 saturated carbocycles. The van der Waals surface area contributed by atoms with Gasteiger partial charge in [0, 0.05) is 61.2 Å². The van der Waals surface area contributed by atoms with E-state index in [1.54, 1.807) is 30.0 Å². The molecular weight excluding hydrogens is 525 g/mol. The first kappa shape index (κ1) is 28.0. The summed E-state index contributed by atoms with van der Waals surface area (Å²) >= 11 is 0. The highest BCUT2D eigenvalue weighted by molar-refractivity contribution is 5.88. The maximum atomic E-state index is 14.5. The molecule has 0 aliphatic carbocycles. The van der Waals surface area contributed by atoms with Crippen LogP contribution in [-0.4, -0.2) is 46.0 Å². The van der Waals surface area contributed by atoms with E-state index in [0.29, 0.717) is 42.4 Å². The van der Waals surface area contributed by atoms with Gasteiger partial charge in [0.15, 0.2) is 0 Å². The highest BCUT2D eigenvalue weighted by Crippen LogP contribution is 2.37. The van der Waals surface area contributed by atoms with Crippen molar-refractivity contribution >= 4 is 28.5 Å². The van der Waals surface area contributed by atoms with Crippen LogP contribution in [0, 0.1) is 21.8 Å². The summed E-state index contributed by atoms with van der Waals surface area (Å²) in [6.07, 6.45) is 3.28. The average molecular weight is 558 g/mol. The second-order valence-corrected chi connectivity index (χ2v) is 10.4. The van der Waals surface area contributed by atoms with Gasteiger partial charge in [0.05, 0.1) is 17.4 Å². The van der Waals surface area contributed by atoms with E-state index in [2.05, 4.69) is 0 Å². The lowest BCUT2D eigenvalue weighted by Crippen LogP contribution is -2.43. The lowest BCUT2D eigenvalue weighted by Gasteiger charge is -2.32. The van der Waals surface area contributed by atoms with Crippen molar-refractivity contribution in [2.45, 2.75) is 38.6 Å². The van der Waals surface area contributed by atoms with Crippen molar-refractivity contribution < 1.29 is 23.6 Å². The molecule has 5 rings (SSSR count). The van der Waals surface area contributed by atoms with Gasteiger partial charge in [0.25, 0.3) is 5.69 Å². The average Bonchev–Trinajstić information content (AvgIpc) is 3.33. The largest absolute Gasteiger partial charge is 0.466 e. The smallest absolute Gasteiger partial charge is 0.310 e. The second kappa shape index (κ2) is 12.3. The van der Waals surface area contributed by atoms with Gasteiger partial charge in [-0.15, -0.1) is 0 Å². The minimum Gasteiger partial charge on any atom is -0.466 e. The topological polar surface area (TPSA) is 94.7 Å². The number of aromatic nitrogens is 1. The van der Waals surface area contributed by atoms with Crippen molar-refractivity contribution in [1.82, 2.24) is 9.47 Å². The molecule has 212 valence electrons. The van der Waals surface area contributed by atoms with Crippen LogP contribution >= 0.6 is 0 Å². The number of amides is 1. The number of hydrogen-bond acceptors (Lipinski definition) is 5. The molecule has 41 heavy (non-hydrogen) atoms. The van der Waals surface area contributed by atoms with Gasteiger partial charge in [-0.25, -0.2) is 4.39 Å². The summed E-state index contributed by atoms with van der Waals surface area (Å²) < 4.78 is 21.7. The Labute approximate surface area is 237 Å². The van der Waals surface area contributed by atoms with Crippen molar-refractivity contribution in [3.05, 3.63) is 112 Å². The number of esters is 1. The van der Waals surface area contributed by atoms with Crippen molar-refractivity contribution in [3.63, 3.8) is 0 Å². The van der Waals surface area contributed by atoms with Crippen molar-refractivity contribution in [2.24, 2.45) is 5.92 Å². The second-order valence-electron chi connectivity index (χ2n) is 10.4. The standard InChI is InChI=1S/C32H32FN3O5/c1-2-41-32(38)24-11-7-15-34(20-24)31(37)18-27(23-10-6-12-25(33)16-23)29-21-35(19-22-8-4-3-5-9-22)30-14-13-26(36(39)40)17-28(29)30/h3-6,8-10,12-14,16-17,21,24,27H,2,7,11,15,18-20H2,1H3/t24-,27-/m0/s1. The Balaban J connectivity index is 1.56. The third-order valence-corrected chi connectivity index (χ3v) is 7.70. The van der Waals surface area contributed by atoms with E-state index in [4.69, 9.17) is 4.74 Å². The SMILES string of the molecule is CCOC(=O)[C@H]1CCCN(C(=O)C[C@@H](c2cccc(F)c2)c2cn(Cc3ccccc3)c3ccc([N+](=O)[O-])cc23)C1. The summed E-state index contributed by atoms with van der Waals surface area (Å²) in [6.45, 7) is 3.35. The molecule has 0 N–H and O–H groups in total. The number of carbonyl (C=O) groups excluding carboxylic acids is 2. The molecule has 1 fully saturated rings. The molecule has 0 unspecified atom stereocenters. The van der Waals surface area contributed by atoms with Crippen LogP contribution in [0.3, 0.4) is 0 Å². The summed E-state index contributed by atoms with van der Waals surface area (Å²) in [4.78, 5) is 39.1. The Bertz CT molecular complexity index is 1570. The molecule has 3 aromatic carbocycles. The third-order valence-electron chi connectivity index (χ3n) is 7.70. The van der Waals surface area contributed by atoms with Crippen molar-refractivity contribution in [2.75, 3.05) is 19.7 Å². The molecule has 1 amide bonds. The molecule has 1 aliphatic rings. The van der Waals surface area contributed by atoms with E-state index in [1.807, 2.05) is 41.1 Å². The first-order valence-corrected chi connectivity index (χ1v) is 13.8. The Morgan fingerprint density at radius 3 is 2.63 bits per heavy atom. The summed E-state index contributed by atoms with van der Waals surface area (Å²) in [6, 6.07) is 20.7. The number of likely N-dealkylation sites (tertiary alicyclic amines) is 1. The van der Waals surface area contributed by atoms with E-state index in [9.17, 15) is 24.1 Å². The lowest BCUT2D eigenvalue weighted by atomic mass is 9.87. The quantitative estimate of drug-likeness (QED) is 0.142. The molecule has 1 aromatic heterocycles. The molecule has 1 saturated heterocycles. The molecule has 0 bridgehead atoms. The van der Waals surface area contributed by atoms with Gasteiger partial charge in [0.2, 0.25) is 5.91 Å². The minimum absolute atomic E-state index is 0.0200. The first-order chi connectivity index (χ1) is 19.8. The van der Waals surface area contributed by atoms with Crippen LogP contribution in [0.15, 0.2) is 79.0 Å². The maximum absolute atomic E-state index is 14.5. The van der Waals surface area contributed by atoms with E-state index in [1.165, 1.54) is 24.3 Å². The molecule has 8 nitrogen and oxygen atoms in total. The van der Waals surface area contributed by atoms with Gasteiger partial charge in [-0.1, -0.05) is 42.5 Å². The van der Waals surface area contributed by atoms with E-state index in [0.717, 1.165) is 11.1 Å². The van der Waals surface area contributed by atoms with Gasteiger partial charge in [-0.3, -0.25) is 19.7 Å². The molecule has 0 spiro atoms. The molecule has 4 aromatic rings. The maximum Gasteiger partial charge on any atom is 0.310 e. The van der Waals surface area contributed by atoms with Crippen LogP contribution in [0.1, 0.15) is 48.8 Å². The fourth-order valence-electron chi connectivity index (χ4n) is 5.71.